The Morgan fingerprint density at radius 1 is 1.15 bits per heavy atom. The van der Waals surface area contributed by atoms with E-state index in [0.29, 0.717) is 6.04 Å². The summed E-state index contributed by atoms with van der Waals surface area (Å²) >= 11 is 0. The first-order valence-electron chi connectivity index (χ1n) is 7.41. The van der Waals surface area contributed by atoms with Gasteiger partial charge < -0.3 is 0 Å². The lowest BCUT2D eigenvalue weighted by molar-refractivity contribution is 0.331. The Labute approximate surface area is 120 Å². The quantitative estimate of drug-likeness (QED) is 0.738. The fourth-order valence-electron chi connectivity index (χ4n) is 3.07. The van der Waals surface area contributed by atoms with Gasteiger partial charge in [-0.05, 0) is 43.5 Å². The molecule has 20 heavy (non-hydrogen) atoms. The Kier molecular flexibility index (Phi) is 3.60. The van der Waals surface area contributed by atoms with E-state index in [2.05, 4.69) is 35.7 Å². The summed E-state index contributed by atoms with van der Waals surface area (Å²) in [4.78, 5) is 0. The molecular formula is C18H20N2. The van der Waals surface area contributed by atoms with E-state index in [0.717, 1.165) is 11.3 Å². The summed E-state index contributed by atoms with van der Waals surface area (Å²) in [5.41, 5.74) is 4.44. The Bertz CT molecular complexity index is 622. The number of terminal acetylenes is 1. The van der Waals surface area contributed by atoms with E-state index in [1.807, 2.05) is 12.1 Å². The van der Waals surface area contributed by atoms with Gasteiger partial charge in [-0.3, -0.25) is 4.68 Å². The minimum atomic E-state index is 0.555. The van der Waals surface area contributed by atoms with E-state index < -0.39 is 0 Å². The van der Waals surface area contributed by atoms with Crippen molar-refractivity contribution in [2.45, 2.75) is 45.1 Å². The Morgan fingerprint density at radius 2 is 1.85 bits per heavy atom. The van der Waals surface area contributed by atoms with Crippen LogP contribution in [0.1, 0.15) is 49.4 Å². The molecule has 1 heterocycles. The minimum absolute atomic E-state index is 0.555. The summed E-state index contributed by atoms with van der Waals surface area (Å²) in [7, 11) is 0. The van der Waals surface area contributed by atoms with Gasteiger partial charge in [0.2, 0.25) is 0 Å². The van der Waals surface area contributed by atoms with Crippen molar-refractivity contribution in [2.75, 3.05) is 0 Å². The molecule has 2 nitrogen and oxygen atoms in total. The fourth-order valence-corrected chi connectivity index (χ4v) is 3.07. The molecule has 1 aliphatic carbocycles. The van der Waals surface area contributed by atoms with Crippen LogP contribution in [0.4, 0.5) is 0 Å². The van der Waals surface area contributed by atoms with Crippen LogP contribution in [0.15, 0.2) is 30.3 Å². The molecule has 0 saturated heterocycles. The molecule has 0 N–H and O–H groups in total. The summed E-state index contributed by atoms with van der Waals surface area (Å²) in [5, 5.41) is 4.73. The third-order valence-electron chi connectivity index (χ3n) is 4.13. The molecule has 1 saturated carbocycles. The molecule has 0 aliphatic heterocycles. The van der Waals surface area contributed by atoms with Crippen molar-refractivity contribution >= 4 is 0 Å². The van der Waals surface area contributed by atoms with Gasteiger partial charge in [0.25, 0.3) is 0 Å². The molecule has 1 fully saturated rings. The van der Waals surface area contributed by atoms with Gasteiger partial charge in [0.1, 0.15) is 0 Å². The Balaban J connectivity index is 1.97. The molecule has 0 unspecified atom stereocenters. The number of rotatable bonds is 2. The van der Waals surface area contributed by atoms with Crippen LogP contribution in [-0.4, -0.2) is 9.78 Å². The summed E-state index contributed by atoms with van der Waals surface area (Å²) in [5.74, 6) is 2.67. The van der Waals surface area contributed by atoms with Gasteiger partial charge in [0, 0.05) is 5.56 Å². The van der Waals surface area contributed by atoms with Gasteiger partial charge in [0.05, 0.1) is 17.4 Å². The molecule has 0 spiro atoms. The first-order valence-corrected chi connectivity index (χ1v) is 7.41. The molecule has 3 rings (SSSR count). The molecule has 1 aromatic heterocycles. The van der Waals surface area contributed by atoms with Crippen molar-refractivity contribution < 1.29 is 0 Å². The monoisotopic (exact) mass is 264 g/mol. The highest BCUT2D eigenvalue weighted by molar-refractivity contribution is 5.61. The number of hydrogen-bond acceptors (Lipinski definition) is 1. The topological polar surface area (TPSA) is 17.8 Å². The van der Waals surface area contributed by atoms with Crippen molar-refractivity contribution in [3.05, 3.63) is 41.6 Å². The summed E-state index contributed by atoms with van der Waals surface area (Å²) < 4.78 is 2.24. The standard InChI is InChI=1S/C18H20N2/c1-3-15-9-11-16(12-10-15)18-13-14(2)19-20(18)17-7-5-4-6-8-17/h1,9-13,17H,4-8H2,2H3. The van der Waals surface area contributed by atoms with Crippen LogP contribution in [0.5, 0.6) is 0 Å². The van der Waals surface area contributed by atoms with Crippen molar-refractivity contribution in [3.8, 4) is 23.6 Å². The van der Waals surface area contributed by atoms with E-state index in [4.69, 9.17) is 11.5 Å². The van der Waals surface area contributed by atoms with Crippen LogP contribution in [0.2, 0.25) is 0 Å². The number of aryl methyl sites for hydroxylation is 1. The van der Waals surface area contributed by atoms with E-state index in [1.165, 1.54) is 43.4 Å². The number of benzene rings is 1. The molecule has 2 heteroatoms. The average molecular weight is 264 g/mol. The second-order valence-corrected chi connectivity index (χ2v) is 5.63. The fraction of sp³-hybridized carbons (Fsp3) is 0.389. The molecule has 0 amide bonds. The number of aromatic nitrogens is 2. The molecule has 102 valence electrons. The van der Waals surface area contributed by atoms with Crippen LogP contribution in [0, 0.1) is 19.3 Å². The summed E-state index contributed by atoms with van der Waals surface area (Å²) in [6.45, 7) is 2.07. The van der Waals surface area contributed by atoms with Crippen LogP contribution >= 0.6 is 0 Å². The highest BCUT2D eigenvalue weighted by Crippen LogP contribution is 2.32. The summed E-state index contributed by atoms with van der Waals surface area (Å²) in [6.07, 6.45) is 11.9. The lowest BCUT2D eigenvalue weighted by Gasteiger charge is -2.24. The first-order chi connectivity index (χ1) is 9.78. The SMILES string of the molecule is C#Cc1ccc(-c2cc(C)nn2C2CCCCC2)cc1. The van der Waals surface area contributed by atoms with Crippen molar-refractivity contribution in [1.29, 1.82) is 0 Å². The normalized spacial score (nSPS) is 16.0. The highest BCUT2D eigenvalue weighted by atomic mass is 15.3. The van der Waals surface area contributed by atoms with Crippen molar-refractivity contribution in [2.24, 2.45) is 0 Å². The van der Waals surface area contributed by atoms with Crippen LogP contribution in [0.25, 0.3) is 11.3 Å². The van der Waals surface area contributed by atoms with Crippen LogP contribution in [0.3, 0.4) is 0 Å². The molecule has 1 aromatic carbocycles. The lowest BCUT2D eigenvalue weighted by Crippen LogP contribution is -2.15. The highest BCUT2D eigenvalue weighted by Gasteiger charge is 2.19. The maximum absolute atomic E-state index is 5.42. The van der Waals surface area contributed by atoms with Gasteiger partial charge >= 0.3 is 0 Å². The predicted octanol–water partition coefficient (Wildman–Crippen LogP) is 4.35. The van der Waals surface area contributed by atoms with Gasteiger partial charge in [-0.2, -0.15) is 5.10 Å². The second kappa shape index (κ2) is 5.54. The zero-order valence-electron chi connectivity index (χ0n) is 12.0. The van der Waals surface area contributed by atoms with E-state index in [1.54, 1.807) is 0 Å². The van der Waals surface area contributed by atoms with Gasteiger partial charge in [-0.1, -0.05) is 37.3 Å². The predicted molar refractivity (Wildman–Crippen MR) is 82.5 cm³/mol. The van der Waals surface area contributed by atoms with Gasteiger partial charge in [-0.25, -0.2) is 0 Å². The smallest absolute Gasteiger partial charge is 0.0688 e. The Hall–Kier alpha value is -2.01. The molecular weight excluding hydrogens is 244 g/mol. The van der Waals surface area contributed by atoms with Crippen molar-refractivity contribution in [3.63, 3.8) is 0 Å². The zero-order chi connectivity index (χ0) is 13.9. The maximum atomic E-state index is 5.42. The van der Waals surface area contributed by atoms with Crippen LogP contribution < -0.4 is 0 Å². The number of hydrogen-bond donors (Lipinski definition) is 0. The third-order valence-corrected chi connectivity index (χ3v) is 4.13. The molecule has 0 bridgehead atoms. The first kappa shape index (κ1) is 13.0. The van der Waals surface area contributed by atoms with E-state index >= 15 is 0 Å². The maximum Gasteiger partial charge on any atom is 0.0688 e. The van der Waals surface area contributed by atoms with Crippen molar-refractivity contribution in [1.82, 2.24) is 9.78 Å². The lowest BCUT2D eigenvalue weighted by atomic mass is 9.95. The molecule has 0 radical (unpaired) electrons. The Morgan fingerprint density at radius 3 is 2.50 bits per heavy atom. The van der Waals surface area contributed by atoms with E-state index in [9.17, 15) is 0 Å². The third kappa shape index (κ3) is 2.49. The average Bonchev–Trinajstić information content (AvgIpc) is 2.90. The molecule has 1 aliphatic rings. The molecule has 2 aromatic rings. The summed E-state index contributed by atoms with van der Waals surface area (Å²) in [6, 6.07) is 10.9. The molecule has 0 atom stereocenters. The van der Waals surface area contributed by atoms with Gasteiger partial charge in [0.15, 0.2) is 0 Å². The second-order valence-electron chi connectivity index (χ2n) is 5.63. The zero-order valence-corrected chi connectivity index (χ0v) is 12.0. The number of nitrogens with zero attached hydrogens (tertiary/aromatic N) is 2. The van der Waals surface area contributed by atoms with Crippen LogP contribution in [-0.2, 0) is 0 Å². The largest absolute Gasteiger partial charge is 0.262 e. The minimum Gasteiger partial charge on any atom is -0.262 e. The van der Waals surface area contributed by atoms with Gasteiger partial charge in [-0.15, -0.1) is 6.42 Å². The van der Waals surface area contributed by atoms with E-state index in [-0.39, 0.29) is 0 Å².